The Bertz CT molecular complexity index is 1120. The summed E-state index contributed by atoms with van der Waals surface area (Å²) in [6.45, 7) is 0.869. The first-order chi connectivity index (χ1) is 13.3. The first kappa shape index (κ1) is 18.8. The van der Waals surface area contributed by atoms with E-state index in [4.69, 9.17) is 4.74 Å². The van der Waals surface area contributed by atoms with Crippen LogP contribution in [0.2, 0.25) is 0 Å². The minimum absolute atomic E-state index is 0.0238. The van der Waals surface area contributed by atoms with Crippen molar-refractivity contribution < 1.29 is 29.5 Å². The van der Waals surface area contributed by atoms with E-state index in [1.165, 1.54) is 18.2 Å². The number of ketones is 1. The van der Waals surface area contributed by atoms with Gasteiger partial charge in [0.15, 0.2) is 6.61 Å². The molecule has 0 saturated heterocycles. The fraction of sp³-hybridized carbons (Fsp3) is 0.100. The standard InChI is InChI=1S/C20H15NO7/c1-11-6-7-12(8-16(11)21(26)27)18(23)10-28-20(25)15-9-17(22)13-4-2-3-5-14(13)19(15)24/h2-9,22,24H,10H2,1H3. The Morgan fingerprint density at radius 3 is 2.43 bits per heavy atom. The van der Waals surface area contributed by atoms with Gasteiger partial charge in [-0.2, -0.15) is 0 Å². The molecule has 0 unspecified atom stereocenters. The second-order valence-corrected chi connectivity index (χ2v) is 6.10. The van der Waals surface area contributed by atoms with E-state index < -0.39 is 23.3 Å². The van der Waals surface area contributed by atoms with Gasteiger partial charge in [-0.25, -0.2) is 4.79 Å². The van der Waals surface area contributed by atoms with Crippen LogP contribution in [-0.4, -0.2) is 33.5 Å². The van der Waals surface area contributed by atoms with Gasteiger partial charge in [-0.1, -0.05) is 36.4 Å². The van der Waals surface area contributed by atoms with Crippen LogP contribution in [0.1, 0.15) is 26.3 Å². The number of hydrogen-bond donors (Lipinski definition) is 2. The van der Waals surface area contributed by atoms with Crippen LogP contribution < -0.4 is 0 Å². The number of carbonyl (C=O) groups is 2. The number of rotatable bonds is 5. The summed E-state index contributed by atoms with van der Waals surface area (Å²) in [6, 6.07) is 11.4. The average molecular weight is 381 g/mol. The van der Waals surface area contributed by atoms with Crippen molar-refractivity contribution in [1.82, 2.24) is 0 Å². The lowest BCUT2D eigenvalue weighted by atomic mass is 10.0. The number of phenolic OH excluding ortho intramolecular Hbond substituents is 2. The average Bonchev–Trinajstić information content (AvgIpc) is 2.68. The molecule has 142 valence electrons. The smallest absolute Gasteiger partial charge is 0.342 e. The van der Waals surface area contributed by atoms with Gasteiger partial charge in [0.2, 0.25) is 5.78 Å². The van der Waals surface area contributed by atoms with Crippen molar-refractivity contribution in [3.8, 4) is 11.5 Å². The highest BCUT2D eigenvalue weighted by Crippen LogP contribution is 2.35. The zero-order chi connectivity index (χ0) is 20.4. The number of carbonyl (C=O) groups excluding carboxylic acids is 2. The van der Waals surface area contributed by atoms with Crippen LogP contribution in [0.25, 0.3) is 10.8 Å². The van der Waals surface area contributed by atoms with Gasteiger partial charge in [-0.15, -0.1) is 0 Å². The van der Waals surface area contributed by atoms with Gasteiger partial charge in [0, 0.05) is 28.0 Å². The molecule has 0 aliphatic heterocycles. The largest absolute Gasteiger partial charge is 0.507 e. The van der Waals surface area contributed by atoms with Crippen LogP contribution in [0.3, 0.4) is 0 Å². The molecule has 8 nitrogen and oxygen atoms in total. The second kappa shape index (κ2) is 7.36. The number of esters is 1. The van der Waals surface area contributed by atoms with Crippen LogP contribution in [0.5, 0.6) is 11.5 Å². The Morgan fingerprint density at radius 1 is 1.07 bits per heavy atom. The minimum Gasteiger partial charge on any atom is -0.507 e. The molecule has 2 N–H and O–H groups in total. The lowest BCUT2D eigenvalue weighted by Crippen LogP contribution is -2.15. The van der Waals surface area contributed by atoms with E-state index >= 15 is 0 Å². The van der Waals surface area contributed by atoms with E-state index in [-0.39, 0.29) is 33.7 Å². The third kappa shape index (κ3) is 3.48. The summed E-state index contributed by atoms with van der Waals surface area (Å²) in [4.78, 5) is 34.9. The van der Waals surface area contributed by atoms with E-state index in [2.05, 4.69) is 0 Å². The van der Waals surface area contributed by atoms with Crippen molar-refractivity contribution in [3.05, 3.63) is 75.3 Å². The lowest BCUT2D eigenvalue weighted by molar-refractivity contribution is -0.385. The fourth-order valence-electron chi connectivity index (χ4n) is 2.77. The zero-order valence-corrected chi connectivity index (χ0v) is 14.7. The summed E-state index contributed by atoms with van der Waals surface area (Å²) in [5, 5.41) is 31.9. The highest BCUT2D eigenvalue weighted by molar-refractivity contribution is 6.05. The molecular weight excluding hydrogens is 366 g/mol. The second-order valence-electron chi connectivity index (χ2n) is 6.10. The van der Waals surface area contributed by atoms with Crippen LogP contribution >= 0.6 is 0 Å². The molecule has 0 heterocycles. The number of fused-ring (bicyclic) bond motifs is 1. The summed E-state index contributed by atoms with van der Waals surface area (Å²) in [7, 11) is 0. The number of nitrogens with zero attached hydrogens (tertiary/aromatic N) is 1. The number of Topliss-reactive ketones (excluding diaryl/α,β-unsaturated/α-hetero) is 1. The molecule has 0 aromatic heterocycles. The van der Waals surface area contributed by atoms with E-state index in [0.717, 1.165) is 12.1 Å². The number of aryl methyl sites for hydroxylation is 1. The molecule has 0 spiro atoms. The molecular formula is C20H15NO7. The van der Waals surface area contributed by atoms with Crippen molar-refractivity contribution in [1.29, 1.82) is 0 Å². The summed E-state index contributed by atoms with van der Waals surface area (Å²) in [5.41, 5.74) is -0.0843. The minimum atomic E-state index is -1.01. The molecule has 0 atom stereocenters. The number of nitro groups is 1. The number of ether oxygens (including phenoxy) is 1. The first-order valence-corrected chi connectivity index (χ1v) is 8.18. The Labute approximate surface area is 158 Å². The fourth-order valence-corrected chi connectivity index (χ4v) is 2.77. The van der Waals surface area contributed by atoms with E-state index in [1.807, 2.05) is 0 Å². The third-order valence-corrected chi connectivity index (χ3v) is 4.28. The molecule has 0 amide bonds. The molecule has 0 fully saturated rings. The molecule has 0 aliphatic carbocycles. The Kier molecular flexibility index (Phi) is 4.95. The Morgan fingerprint density at radius 2 is 1.75 bits per heavy atom. The zero-order valence-electron chi connectivity index (χ0n) is 14.7. The summed E-state index contributed by atoms with van der Waals surface area (Å²) in [6.07, 6.45) is 0. The van der Waals surface area contributed by atoms with Gasteiger partial charge in [0.1, 0.15) is 17.1 Å². The molecule has 0 aliphatic rings. The monoisotopic (exact) mass is 381 g/mol. The van der Waals surface area contributed by atoms with Gasteiger partial charge >= 0.3 is 5.97 Å². The quantitative estimate of drug-likeness (QED) is 0.228. The highest BCUT2D eigenvalue weighted by Gasteiger charge is 2.20. The highest BCUT2D eigenvalue weighted by atomic mass is 16.6. The van der Waals surface area contributed by atoms with Gasteiger partial charge in [-0.05, 0) is 13.0 Å². The topological polar surface area (TPSA) is 127 Å². The van der Waals surface area contributed by atoms with Crippen LogP contribution in [-0.2, 0) is 4.74 Å². The van der Waals surface area contributed by atoms with Gasteiger partial charge in [0.25, 0.3) is 5.69 Å². The molecule has 3 aromatic rings. The molecule has 8 heteroatoms. The SMILES string of the molecule is Cc1ccc(C(=O)COC(=O)c2cc(O)c3ccccc3c2O)cc1[N+](=O)[O-]. The van der Waals surface area contributed by atoms with Crippen LogP contribution in [0.4, 0.5) is 5.69 Å². The van der Waals surface area contributed by atoms with Crippen molar-refractivity contribution in [2.45, 2.75) is 6.92 Å². The maximum Gasteiger partial charge on any atom is 0.342 e. The number of aromatic hydroxyl groups is 2. The van der Waals surface area contributed by atoms with Crippen LogP contribution in [0.15, 0.2) is 48.5 Å². The number of nitro benzene ring substituents is 1. The normalized spacial score (nSPS) is 10.6. The van der Waals surface area contributed by atoms with E-state index in [0.29, 0.717) is 10.9 Å². The van der Waals surface area contributed by atoms with Gasteiger partial charge in [-0.3, -0.25) is 14.9 Å². The third-order valence-electron chi connectivity index (χ3n) is 4.28. The number of hydrogen-bond acceptors (Lipinski definition) is 7. The van der Waals surface area contributed by atoms with Crippen molar-refractivity contribution >= 4 is 28.2 Å². The molecule has 3 rings (SSSR count). The molecule has 0 radical (unpaired) electrons. The number of phenols is 2. The maximum atomic E-state index is 12.3. The van der Waals surface area contributed by atoms with E-state index in [1.54, 1.807) is 25.1 Å². The lowest BCUT2D eigenvalue weighted by Gasteiger charge is -2.10. The summed E-state index contributed by atoms with van der Waals surface area (Å²) >= 11 is 0. The van der Waals surface area contributed by atoms with Crippen molar-refractivity contribution in [3.63, 3.8) is 0 Å². The van der Waals surface area contributed by atoms with E-state index in [9.17, 15) is 29.9 Å². The van der Waals surface area contributed by atoms with Crippen molar-refractivity contribution in [2.75, 3.05) is 6.61 Å². The first-order valence-electron chi connectivity index (χ1n) is 8.18. The van der Waals surface area contributed by atoms with Crippen molar-refractivity contribution in [2.24, 2.45) is 0 Å². The molecule has 0 saturated carbocycles. The Balaban J connectivity index is 1.80. The van der Waals surface area contributed by atoms with Gasteiger partial charge < -0.3 is 14.9 Å². The van der Waals surface area contributed by atoms with Crippen LogP contribution in [0, 0.1) is 17.0 Å². The summed E-state index contributed by atoms with van der Waals surface area (Å²) < 4.78 is 4.93. The molecule has 0 bridgehead atoms. The Hall–Kier alpha value is -3.94. The number of benzene rings is 3. The maximum absolute atomic E-state index is 12.3. The predicted octanol–water partition coefficient (Wildman–Crippen LogP) is 3.51. The van der Waals surface area contributed by atoms with Gasteiger partial charge in [0.05, 0.1) is 4.92 Å². The molecule has 28 heavy (non-hydrogen) atoms. The molecule has 3 aromatic carbocycles. The predicted molar refractivity (Wildman–Crippen MR) is 99.7 cm³/mol. The summed E-state index contributed by atoms with van der Waals surface area (Å²) in [5.74, 6) is -2.24.